The summed E-state index contributed by atoms with van der Waals surface area (Å²) in [6.07, 6.45) is 0. The van der Waals surface area contributed by atoms with Crippen LogP contribution in [0.15, 0.2) is 84.9 Å². The standard InChI is InChI=1S/C20H19NO/c1-22-16-17-10-8-9-15-20(17)21(18-11-4-2-5-12-18)19-13-6-3-7-14-19/h2-15H,16H2,1H3. The van der Waals surface area contributed by atoms with Gasteiger partial charge in [-0.2, -0.15) is 0 Å². The Balaban J connectivity index is 2.15. The number of hydrogen-bond donors (Lipinski definition) is 0. The Labute approximate surface area is 131 Å². The van der Waals surface area contributed by atoms with Gasteiger partial charge in [0.25, 0.3) is 0 Å². The number of hydrogen-bond acceptors (Lipinski definition) is 2. The molecule has 0 aliphatic carbocycles. The van der Waals surface area contributed by atoms with Crippen molar-refractivity contribution < 1.29 is 4.74 Å². The molecule has 2 nitrogen and oxygen atoms in total. The summed E-state index contributed by atoms with van der Waals surface area (Å²) >= 11 is 0. The normalized spacial score (nSPS) is 10.4. The maximum Gasteiger partial charge on any atom is 0.0733 e. The van der Waals surface area contributed by atoms with E-state index in [1.807, 2.05) is 18.2 Å². The van der Waals surface area contributed by atoms with Gasteiger partial charge in [0, 0.05) is 24.0 Å². The first-order chi connectivity index (χ1) is 10.9. The molecule has 0 N–H and O–H groups in total. The lowest BCUT2D eigenvalue weighted by atomic mass is 10.1. The SMILES string of the molecule is COCc1ccccc1N(c1ccccc1)c1ccccc1. The van der Waals surface area contributed by atoms with Crippen LogP contribution >= 0.6 is 0 Å². The number of anilines is 3. The molecule has 0 saturated carbocycles. The molecule has 0 amide bonds. The molecule has 3 aromatic carbocycles. The summed E-state index contributed by atoms with van der Waals surface area (Å²) in [7, 11) is 1.73. The van der Waals surface area contributed by atoms with Crippen LogP contribution in [0.3, 0.4) is 0 Å². The van der Waals surface area contributed by atoms with Crippen molar-refractivity contribution in [3.05, 3.63) is 90.5 Å². The van der Waals surface area contributed by atoms with Crippen LogP contribution in [0, 0.1) is 0 Å². The van der Waals surface area contributed by atoms with Gasteiger partial charge < -0.3 is 9.64 Å². The summed E-state index contributed by atoms with van der Waals surface area (Å²) in [5, 5.41) is 0. The highest BCUT2D eigenvalue weighted by molar-refractivity contribution is 5.78. The van der Waals surface area contributed by atoms with Gasteiger partial charge in [-0.1, -0.05) is 54.6 Å². The lowest BCUT2D eigenvalue weighted by molar-refractivity contribution is 0.185. The van der Waals surface area contributed by atoms with E-state index in [1.54, 1.807) is 7.11 Å². The molecule has 0 unspecified atom stereocenters. The van der Waals surface area contributed by atoms with E-state index in [0.717, 1.165) is 22.6 Å². The van der Waals surface area contributed by atoms with Crippen molar-refractivity contribution in [3.63, 3.8) is 0 Å². The summed E-state index contributed by atoms with van der Waals surface area (Å²) in [6.45, 7) is 0.590. The molecule has 2 heteroatoms. The van der Waals surface area contributed by atoms with Gasteiger partial charge in [-0.3, -0.25) is 0 Å². The maximum absolute atomic E-state index is 5.36. The van der Waals surface area contributed by atoms with Crippen molar-refractivity contribution in [1.29, 1.82) is 0 Å². The van der Waals surface area contributed by atoms with Gasteiger partial charge in [-0.15, -0.1) is 0 Å². The second kappa shape index (κ2) is 6.92. The fourth-order valence-electron chi connectivity index (χ4n) is 2.59. The Morgan fingerprint density at radius 1 is 0.682 bits per heavy atom. The van der Waals surface area contributed by atoms with E-state index in [4.69, 9.17) is 4.74 Å². The topological polar surface area (TPSA) is 12.5 Å². The molecule has 0 saturated heterocycles. The molecule has 3 aromatic rings. The predicted octanol–water partition coefficient (Wildman–Crippen LogP) is 5.30. The minimum atomic E-state index is 0.590. The highest BCUT2D eigenvalue weighted by Gasteiger charge is 2.14. The summed E-state index contributed by atoms with van der Waals surface area (Å²) in [5.74, 6) is 0. The van der Waals surface area contributed by atoms with E-state index in [0.29, 0.717) is 6.61 Å². The summed E-state index contributed by atoms with van der Waals surface area (Å²) in [4.78, 5) is 2.26. The van der Waals surface area contributed by atoms with E-state index in [-0.39, 0.29) is 0 Å². The predicted molar refractivity (Wildman–Crippen MR) is 91.8 cm³/mol. The quantitative estimate of drug-likeness (QED) is 0.631. The molecule has 0 heterocycles. The molecule has 3 rings (SSSR count). The largest absolute Gasteiger partial charge is 0.380 e. The Bertz CT molecular complexity index is 671. The van der Waals surface area contributed by atoms with Gasteiger partial charge >= 0.3 is 0 Å². The molecule has 0 atom stereocenters. The van der Waals surface area contributed by atoms with Crippen LogP contribution < -0.4 is 4.90 Å². The van der Waals surface area contributed by atoms with Crippen LogP contribution in [-0.2, 0) is 11.3 Å². The molecule has 0 spiro atoms. The van der Waals surface area contributed by atoms with E-state index in [1.165, 1.54) is 0 Å². The van der Waals surface area contributed by atoms with Crippen LogP contribution in [0.4, 0.5) is 17.1 Å². The molecular weight excluding hydrogens is 270 g/mol. The first-order valence-corrected chi connectivity index (χ1v) is 7.37. The fraction of sp³-hybridized carbons (Fsp3) is 0.100. The minimum absolute atomic E-state index is 0.590. The average Bonchev–Trinajstić information content (AvgIpc) is 2.59. The molecule has 0 radical (unpaired) electrons. The van der Waals surface area contributed by atoms with Gasteiger partial charge in [0.15, 0.2) is 0 Å². The first-order valence-electron chi connectivity index (χ1n) is 7.37. The smallest absolute Gasteiger partial charge is 0.0733 e. The molecule has 22 heavy (non-hydrogen) atoms. The van der Waals surface area contributed by atoms with E-state index >= 15 is 0 Å². The number of ether oxygens (including phenoxy) is 1. The van der Waals surface area contributed by atoms with Crippen molar-refractivity contribution in [3.8, 4) is 0 Å². The zero-order chi connectivity index (χ0) is 15.2. The maximum atomic E-state index is 5.36. The number of para-hydroxylation sites is 3. The average molecular weight is 289 g/mol. The second-order valence-corrected chi connectivity index (χ2v) is 5.07. The third-order valence-corrected chi connectivity index (χ3v) is 3.56. The Kier molecular flexibility index (Phi) is 4.52. The number of benzene rings is 3. The third-order valence-electron chi connectivity index (χ3n) is 3.56. The van der Waals surface area contributed by atoms with Crippen molar-refractivity contribution in [1.82, 2.24) is 0 Å². The zero-order valence-corrected chi connectivity index (χ0v) is 12.6. The van der Waals surface area contributed by atoms with Crippen molar-refractivity contribution in [2.24, 2.45) is 0 Å². The number of rotatable bonds is 5. The molecule has 0 aliphatic rings. The molecular formula is C20H19NO. The van der Waals surface area contributed by atoms with Gasteiger partial charge in [-0.25, -0.2) is 0 Å². The fourth-order valence-corrected chi connectivity index (χ4v) is 2.59. The Morgan fingerprint density at radius 3 is 1.73 bits per heavy atom. The molecule has 110 valence electrons. The van der Waals surface area contributed by atoms with E-state index in [2.05, 4.69) is 71.6 Å². The lowest BCUT2D eigenvalue weighted by Crippen LogP contribution is -2.12. The highest BCUT2D eigenvalue weighted by Crippen LogP contribution is 2.36. The van der Waals surface area contributed by atoms with Crippen molar-refractivity contribution in [2.75, 3.05) is 12.0 Å². The molecule has 0 aromatic heterocycles. The lowest BCUT2D eigenvalue weighted by Gasteiger charge is -2.27. The van der Waals surface area contributed by atoms with Crippen LogP contribution in [0.2, 0.25) is 0 Å². The summed E-state index contributed by atoms with van der Waals surface area (Å²) in [5.41, 5.74) is 4.58. The van der Waals surface area contributed by atoms with Crippen LogP contribution in [0.5, 0.6) is 0 Å². The second-order valence-electron chi connectivity index (χ2n) is 5.07. The van der Waals surface area contributed by atoms with Crippen molar-refractivity contribution in [2.45, 2.75) is 6.61 Å². The van der Waals surface area contributed by atoms with Gasteiger partial charge in [0.2, 0.25) is 0 Å². The highest BCUT2D eigenvalue weighted by atomic mass is 16.5. The van der Waals surface area contributed by atoms with Gasteiger partial charge in [-0.05, 0) is 30.3 Å². The first kappa shape index (κ1) is 14.4. The van der Waals surface area contributed by atoms with Gasteiger partial charge in [0.05, 0.1) is 12.3 Å². The molecule has 0 aliphatic heterocycles. The monoisotopic (exact) mass is 289 g/mol. The van der Waals surface area contributed by atoms with Crippen LogP contribution in [-0.4, -0.2) is 7.11 Å². The molecule has 0 fully saturated rings. The van der Waals surface area contributed by atoms with Crippen LogP contribution in [0.1, 0.15) is 5.56 Å². The Morgan fingerprint density at radius 2 is 1.18 bits per heavy atom. The number of nitrogens with zero attached hydrogens (tertiary/aromatic N) is 1. The summed E-state index contributed by atoms with van der Waals surface area (Å²) < 4.78 is 5.36. The number of methoxy groups -OCH3 is 1. The third kappa shape index (κ3) is 3.02. The zero-order valence-electron chi connectivity index (χ0n) is 12.6. The van der Waals surface area contributed by atoms with E-state index < -0.39 is 0 Å². The Hall–Kier alpha value is -2.58. The van der Waals surface area contributed by atoms with Gasteiger partial charge in [0.1, 0.15) is 0 Å². The minimum Gasteiger partial charge on any atom is -0.380 e. The molecule has 0 bridgehead atoms. The van der Waals surface area contributed by atoms with Crippen molar-refractivity contribution >= 4 is 17.1 Å². The van der Waals surface area contributed by atoms with E-state index in [9.17, 15) is 0 Å². The summed E-state index contributed by atoms with van der Waals surface area (Å²) in [6, 6.07) is 29.1. The van der Waals surface area contributed by atoms with Crippen LogP contribution in [0.25, 0.3) is 0 Å².